The van der Waals surface area contributed by atoms with Gasteiger partial charge in [0.15, 0.2) is 0 Å². The lowest BCUT2D eigenvalue weighted by Crippen LogP contribution is -2.16. The molecule has 104 valence electrons. The largest absolute Gasteiger partial charge is 0.543 e. The minimum Gasteiger partial charge on any atom is -0.344 e. The second-order valence-electron chi connectivity index (χ2n) is 1.27. The fraction of sp³-hybridized carbons (Fsp3) is 0. The molecule has 0 aromatic heterocycles. The van der Waals surface area contributed by atoms with Crippen LogP contribution in [0.1, 0.15) is 0 Å². The van der Waals surface area contributed by atoms with E-state index in [9.17, 15) is 21.6 Å². The molecule has 0 aliphatic carbocycles. The van der Waals surface area contributed by atoms with E-state index in [0.717, 1.165) is 0 Å². The normalized spacial score (nSPS) is 9.12. The maximum atomic E-state index is 9.95. The van der Waals surface area contributed by atoms with E-state index in [1.165, 1.54) is 0 Å². The summed E-state index contributed by atoms with van der Waals surface area (Å²) in [5.41, 5.74) is 0. The molecule has 0 spiro atoms. The molecule has 0 aromatic carbocycles. The van der Waals surface area contributed by atoms with E-state index >= 15 is 0 Å². The summed E-state index contributed by atoms with van der Waals surface area (Å²) >= 11 is 0. The highest BCUT2D eigenvalue weighted by atomic mass is 32.3. The molecular weight excluding hydrogens is 276 g/mol. The lowest BCUT2D eigenvalue weighted by Gasteiger charge is -1.97. The Bertz CT molecular complexity index is 332. The van der Waals surface area contributed by atoms with Crippen molar-refractivity contribution in [3.63, 3.8) is 0 Å². The van der Waals surface area contributed by atoms with Crippen molar-refractivity contribution in [1.82, 2.24) is 24.6 Å². The van der Waals surface area contributed by atoms with Crippen molar-refractivity contribution in [2.24, 2.45) is 0 Å². The number of rotatable bonds is 2. The van der Waals surface area contributed by atoms with Crippen LogP contribution in [-0.2, 0) is 29.2 Å². The third kappa shape index (κ3) is 23.1. The quantitative estimate of drug-likeness (QED) is 0.346. The number of hydrogen-bond acceptors (Lipinski definition) is 11. The molecule has 0 radical (unpaired) electrons. The maximum Gasteiger partial charge on any atom is 0.543 e. The first kappa shape index (κ1) is 29.4. The van der Waals surface area contributed by atoms with Crippen molar-refractivity contribution in [1.29, 1.82) is 0 Å². The second-order valence-corrected chi connectivity index (χ2v) is 3.32. The topological polar surface area (TPSA) is 284 Å². The highest BCUT2D eigenvalue weighted by molar-refractivity contribution is 7.82. The lowest BCUT2D eigenvalue weighted by molar-refractivity contribution is 0.145. The molecule has 0 saturated carbocycles. The van der Waals surface area contributed by atoms with Crippen LogP contribution in [0.5, 0.6) is 0 Å². The first-order valence-electron chi connectivity index (χ1n) is 1.98. The van der Waals surface area contributed by atoms with Gasteiger partial charge < -0.3 is 24.6 Å². The Hall–Kier alpha value is -1.07. The molecule has 0 unspecified atom stereocenters. The van der Waals surface area contributed by atoms with E-state index in [0.29, 0.717) is 0 Å². The smallest absolute Gasteiger partial charge is 0.344 e. The van der Waals surface area contributed by atoms with Crippen LogP contribution < -0.4 is 24.6 Å². The van der Waals surface area contributed by atoms with Gasteiger partial charge in [-0.05, 0) is 0 Å². The van der Waals surface area contributed by atoms with Crippen LogP contribution in [0, 0.1) is 0 Å². The summed E-state index contributed by atoms with van der Waals surface area (Å²) in [6.45, 7) is 0. The zero-order chi connectivity index (χ0) is 9.99. The Labute approximate surface area is 91.3 Å². The van der Waals surface area contributed by atoms with Crippen LogP contribution in [0.4, 0.5) is 4.79 Å². The Morgan fingerprint density at radius 3 is 1.06 bits per heavy atom. The molecule has 15 heteroatoms. The fourth-order valence-corrected chi connectivity index (χ4v) is 0.641. The highest BCUT2D eigenvalue weighted by Crippen LogP contribution is 1.95. The molecular formula is CH14N4O9S2. The van der Waals surface area contributed by atoms with Gasteiger partial charge in [0.05, 0.1) is 0 Å². The van der Waals surface area contributed by atoms with Crippen LogP contribution in [0.15, 0.2) is 0 Å². The van der Waals surface area contributed by atoms with Crippen LogP contribution in [-0.4, -0.2) is 32.1 Å². The van der Waals surface area contributed by atoms with E-state index < -0.39 is 27.0 Å². The molecule has 0 aromatic rings. The molecule has 14 N–H and O–H groups in total. The zero-order valence-electron chi connectivity index (χ0n) is 7.90. The molecule has 0 fully saturated rings. The Morgan fingerprint density at radius 2 is 0.938 bits per heavy atom. The third-order valence-electron chi connectivity index (χ3n) is 0.347. The molecule has 0 saturated heterocycles. The summed E-state index contributed by atoms with van der Waals surface area (Å²) in [5, 5.41) is 0. The average molecular weight is 290 g/mol. The summed E-state index contributed by atoms with van der Waals surface area (Å²) in [5.74, 6) is 0. The molecule has 0 atom stereocenters. The van der Waals surface area contributed by atoms with Gasteiger partial charge in [0.1, 0.15) is 0 Å². The zero-order valence-corrected chi connectivity index (χ0v) is 9.53. The Morgan fingerprint density at radius 1 is 0.750 bits per heavy atom. The summed E-state index contributed by atoms with van der Waals surface area (Å²) in [6, 6.07) is 0. The van der Waals surface area contributed by atoms with Gasteiger partial charge in [-0.2, -0.15) is 16.8 Å². The number of carbonyl (C=O) groups is 1. The first-order chi connectivity index (χ1) is 5.10. The van der Waals surface area contributed by atoms with Crippen molar-refractivity contribution >= 4 is 27.0 Å². The molecule has 16 heavy (non-hydrogen) atoms. The van der Waals surface area contributed by atoms with E-state index in [-0.39, 0.29) is 24.6 Å². The van der Waals surface area contributed by atoms with Crippen LogP contribution >= 0.6 is 0 Å². The van der Waals surface area contributed by atoms with Crippen LogP contribution in [0.25, 0.3) is 0 Å². The van der Waals surface area contributed by atoms with E-state index in [2.05, 4.69) is 8.37 Å². The SMILES string of the molecule is N.N.N.N.O=C(OS(=O)(=O)O)OS(=O)(=O)O. The number of hydrogen-bond donors (Lipinski definition) is 6. The molecule has 0 amide bonds. The molecule has 0 heterocycles. The summed E-state index contributed by atoms with van der Waals surface area (Å²) in [7, 11) is -10.3. The maximum absolute atomic E-state index is 9.95. The van der Waals surface area contributed by atoms with Crippen LogP contribution in [0.3, 0.4) is 0 Å². The van der Waals surface area contributed by atoms with Gasteiger partial charge in [0.2, 0.25) is 0 Å². The van der Waals surface area contributed by atoms with Crippen molar-refractivity contribution in [3.05, 3.63) is 0 Å². The van der Waals surface area contributed by atoms with Crippen molar-refractivity contribution in [2.45, 2.75) is 0 Å². The van der Waals surface area contributed by atoms with Crippen molar-refractivity contribution in [3.8, 4) is 0 Å². The summed E-state index contributed by atoms with van der Waals surface area (Å²) < 4.78 is 60.1. The van der Waals surface area contributed by atoms with Gasteiger partial charge in [0, 0.05) is 0 Å². The summed E-state index contributed by atoms with van der Waals surface area (Å²) in [4.78, 5) is 9.95. The standard InChI is InChI=1S/CH2O9S2.4H3N/c2-1(9-11(3,4)5)10-12(6,7)8;;;;/h(H,3,4,5)(H,6,7,8);4*1H3. The van der Waals surface area contributed by atoms with Crippen molar-refractivity contribution in [2.75, 3.05) is 0 Å². The average Bonchev–Trinajstić information content (AvgIpc) is 1.49. The first-order valence-corrected chi connectivity index (χ1v) is 4.71. The van der Waals surface area contributed by atoms with E-state index in [1.54, 1.807) is 0 Å². The van der Waals surface area contributed by atoms with Crippen molar-refractivity contribution < 1.29 is 39.1 Å². The predicted octanol–water partition coefficient (Wildman–Crippen LogP) is -0.607. The monoisotopic (exact) mass is 290 g/mol. The van der Waals surface area contributed by atoms with E-state index in [4.69, 9.17) is 9.11 Å². The predicted molar refractivity (Wildman–Crippen MR) is 50.8 cm³/mol. The molecule has 0 aliphatic heterocycles. The fourth-order valence-electron chi connectivity index (χ4n) is 0.186. The van der Waals surface area contributed by atoms with Gasteiger partial charge in [-0.1, -0.05) is 0 Å². The third-order valence-corrected chi connectivity index (χ3v) is 1.04. The van der Waals surface area contributed by atoms with Gasteiger partial charge >= 0.3 is 27.0 Å². The van der Waals surface area contributed by atoms with Gasteiger partial charge in [-0.15, -0.1) is 0 Å². The van der Waals surface area contributed by atoms with Gasteiger partial charge in [-0.3, -0.25) is 17.5 Å². The van der Waals surface area contributed by atoms with Gasteiger partial charge in [-0.25, -0.2) is 4.79 Å². The second kappa shape index (κ2) is 9.18. The minimum atomic E-state index is -5.15. The number of carbonyl (C=O) groups excluding carboxylic acids is 1. The Balaban J connectivity index is -0.000000101. The highest BCUT2D eigenvalue weighted by Gasteiger charge is 2.20. The van der Waals surface area contributed by atoms with E-state index in [1.807, 2.05) is 0 Å². The molecule has 0 aliphatic rings. The minimum absolute atomic E-state index is 0. The van der Waals surface area contributed by atoms with Crippen LogP contribution in [0.2, 0.25) is 0 Å². The molecule has 13 nitrogen and oxygen atoms in total. The Kier molecular flexibility index (Phi) is 16.9. The lowest BCUT2D eigenvalue weighted by atomic mass is 11.5. The summed E-state index contributed by atoms with van der Waals surface area (Å²) in [6.07, 6.45) is -2.29. The van der Waals surface area contributed by atoms with Gasteiger partial charge in [0.25, 0.3) is 0 Å². The molecule has 0 bridgehead atoms. The molecule has 0 rings (SSSR count).